The summed E-state index contributed by atoms with van der Waals surface area (Å²) in [4.78, 5) is 0. The minimum atomic E-state index is -0.193. The molecule has 0 aliphatic rings. The summed E-state index contributed by atoms with van der Waals surface area (Å²) >= 11 is 3.20. The van der Waals surface area contributed by atoms with Crippen LogP contribution in [0.3, 0.4) is 0 Å². The molecule has 0 unspecified atom stereocenters. The molecule has 0 heterocycles. The highest BCUT2D eigenvalue weighted by Gasteiger charge is 2.00. The molecule has 1 aromatic rings. The summed E-state index contributed by atoms with van der Waals surface area (Å²) in [7, 11) is 0. The van der Waals surface area contributed by atoms with E-state index in [4.69, 9.17) is 0 Å². The van der Waals surface area contributed by atoms with Crippen molar-refractivity contribution in [2.45, 2.75) is 26.7 Å². The zero-order valence-corrected chi connectivity index (χ0v) is 11.5. The number of aryl methyl sites for hydroxylation is 1. The van der Waals surface area contributed by atoms with Crippen LogP contribution in [0.2, 0.25) is 0 Å². The number of halogens is 2. The van der Waals surface area contributed by atoms with Gasteiger partial charge in [0.05, 0.1) is 4.47 Å². The third-order valence-corrected chi connectivity index (χ3v) is 2.96. The SMILES string of the molecule is CC(C)CNCCCc1ccc(F)c(Br)c1. The maximum Gasteiger partial charge on any atom is 0.137 e. The summed E-state index contributed by atoms with van der Waals surface area (Å²) < 4.78 is 13.5. The molecule has 0 saturated heterocycles. The first-order valence-corrected chi connectivity index (χ1v) is 6.53. The van der Waals surface area contributed by atoms with Gasteiger partial charge in [0.15, 0.2) is 0 Å². The summed E-state index contributed by atoms with van der Waals surface area (Å²) in [6, 6.07) is 5.22. The van der Waals surface area contributed by atoms with Gasteiger partial charge in [0.25, 0.3) is 0 Å². The van der Waals surface area contributed by atoms with E-state index in [0.29, 0.717) is 10.4 Å². The van der Waals surface area contributed by atoms with Gasteiger partial charge in [-0.05, 0) is 65.5 Å². The molecule has 16 heavy (non-hydrogen) atoms. The van der Waals surface area contributed by atoms with Crippen molar-refractivity contribution in [3.63, 3.8) is 0 Å². The van der Waals surface area contributed by atoms with E-state index < -0.39 is 0 Å². The predicted molar refractivity (Wildman–Crippen MR) is 70.1 cm³/mol. The number of hydrogen-bond acceptors (Lipinski definition) is 1. The summed E-state index contributed by atoms with van der Waals surface area (Å²) in [5.74, 6) is 0.502. The van der Waals surface area contributed by atoms with Gasteiger partial charge < -0.3 is 5.32 Å². The summed E-state index contributed by atoms with van der Waals surface area (Å²) in [6.45, 7) is 6.48. The van der Waals surface area contributed by atoms with Crippen molar-refractivity contribution in [1.82, 2.24) is 5.32 Å². The number of nitrogens with one attached hydrogen (secondary N) is 1. The molecule has 1 N–H and O–H groups in total. The molecule has 0 atom stereocenters. The van der Waals surface area contributed by atoms with Crippen molar-refractivity contribution in [3.8, 4) is 0 Å². The molecule has 0 spiro atoms. The van der Waals surface area contributed by atoms with Crippen molar-refractivity contribution >= 4 is 15.9 Å². The van der Waals surface area contributed by atoms with Crippen LogP contribution in [-0.4, -0.2) is 13.1 Å². The number of rotatable bonds is 6. The van der Waals surface area contributed by atoms with E-state index in [2.05, 4.69) is 35.1 Å². The smallest absolute Gasteiger partial charge is 0.137 e. The molecule has 0 bridgehead atoms. The molecule has 1 nitrogen and oxygen atoms in total. The van der Waals surface area contributed by atoms with Crippen LogP contribution in [0.25, 0.3) is 0 Å². The molecular weight excluding hydrogens is 269 g/mol. The first kappa shape index (κ1) is 13.7. The van der Waals surface area contributed by atoms with E-state index >= 15 is 0 Å². The Morgan fingerprint density at radius 1 is 1.38 bits per heavy atom. The average Bonchev–Trinajstić information content (AvgIpc) is 2.22. The molecular formula is C13H19BrFN. The second-order valence-electron chi connectivity index (χ2n) is 4.45. The summed E-state index contributed by atoms with van der Waals surface area (Å²) in [6.07, 6.45) is 2.08. The highest BCUT2D eigenvalue weighted by molar-refractivity contribution is 9.10. The van der Waals surface area contributed by atoms with Gasteiger partial charge in [0.2, 0.25) is 0 Å². The van der Waals surface area contributed by atoms with Crippen LogP contribution in [0.5, 0.6) is 0 Å². The van der Waals surface area contributed by atoms with Crippen LogP contribution in [0.4, 0.5) is 4.39 Å². The molecule has 0 saturated carbocycles. The first-order valence-electron chi connectivity index (χ1n) is 5.74. The lowest BCUT2D eigenvalue weighted by Gasteiger charge is -2.07. The molecule has 0 aliphatic carbocycles. The Balaban J connectivity index is 2.24. The Morgan fingerprint density at radius 3 is 2.75 bits per heavy atom. The van der Waals surface area contributed by atoms with Gasteiger partial charge in [-0.1, -0.05) is 19.9 Å². The van der Waals surface area contributed by atoms with Gasteiger partial charge in [-0.15, -0.1) is 0 Å². The van der Waals surface area contributed by atoms with Crippen molar-refractivity contribution in [3.05, 3.63) is 34.1 Å². The topological polar surface area (TPSA) is 12.0 Å². The van der Waals surface area contributed by atoms with E-state index in [1.165, 1.54) is 11.6 Å². The Kier molecular flexibility index (Phi) is 5.99. The molecule has 3 heteroatoms. The lowest BCUT2D eigenvalue weighted by Crippen LogP contribution is -2.21. The maximum absolute atomic E-state index is 13.0. The summed E-state index contributed by atoms with van der Waals surface area (Å²) in [5.41, 5.74) is 1.18. The van der Waals surface area contributed by atoms with E-state index in [1.54, 1.807) is 0 Å². The Labute approximate surface area is 106 Å². The highest BCUT2D eigenvalue weighted by Crippen LogP contribution is 2.17. The zero-order chi connectivity index (χ0) is 12.0. The van der Waals surface area contributed by atoms with Crippen LogP contribution in [0.1, 0.15) is 25.8 Å². The second-order valence-corrected chi connectivity index (χ2v) is 5.30. The Hall–Kier alpha value is -0.410. The van der Waals surface area contributed by atoms with Gasteiger partial charge in [-0.2, -0.15) is 0 Å². The first-order chi connectivity index (χ1) is 7.59. The van der Waals surface area contributed by atoms with Crippen LogP contribution in [0, 0.1) is 11.7 Å². The molecule has 1 rings (SSSR count). The van der Waals surface area contributed by atoms with E-state index in [9.17, 15) is 4.39 Å². The minimum absolute atomic E-state index is 0.193. The lowest BCUT2D eigenvalue weighted by molar-refractivity contribution is 0.543. The van der Waals surface area contributed by atoms with E-state index in [-0.39, 0.29) is 5.82 Å². The van der Waals surface area contributed by atoms with Crippen LogP contribution >= 0.6 is 15.9 Å². The standard InChI is InChI=1S/C13H19BrFN/c1-10(2)9-16-7-3-4-11-5-6-13(15)12(14)8-11/h5-6,8,10,16H,3-4,7,9H2,1-2H3. The third-order valence-electron chi connectivity index (χ3n) is 2.36. The lowest BCUT2D eigenvalue weighted by atomic mass is 10.1. The number of hydrogen-bond donors (Lipinski definition) is 1. The normalized spacial score (nSPS) is 11.1. The maximum atomic E-state index is 13.0. The fraction of sp³-hybridized carbons (Fsp3) is 0.538. The van der Waals surface area contributed by atoms with Crippen molar-refractivity contribution in [2.75, 3.05) is 13.1 Å². The quantitative estimate of drug-likeness (QED) is 0.786. The van der Waals surface area contributed by atoms with E-state index in [0.717, 1.165) is 25.9 Å². The van der Waals surface area contributed by atoms with Crippen LogP contribution in [-0.2, 0) is 6.42 Å². The van der Waals surface area contributed by atoms with Gasteiger partial charge >= 0.3 is 0 Å². The number of benzene rings is 1. The monoisotopic (exact) mass is 287 g/mol. The molecule has 0 aliphatic heterocycles. The van der Waals surface area contributed by atoms with Gasteiger partial charge in [0, 0.05) is 0 Å². The predicted octanol–water partition coefficient (Wildman–Crippen LogP) is 3.77. The summed E-state index contributed by atoms with van der Waals surface area (Å²) in [5, 5.41) is 3.40. The third kappa shape index (κ3) is 5.08. The zero-order valence-electron chi connectivity index (χ0n) is 9.89. The largest absolute Gasteiger partial charge is 0.316 e. The highest BCUT2D eigenvalue weighted by atomic mass is 79.9. The molecule has 0 amide bonds. The molecule has 0 fully saturated rings. The van der Waals surface area contributed by atoms with Crippen molar-refractivity contribution in [2.24, 2.45) is 5.92 Å². The minimum Gasteiger partial charge on any atom is -0.316 e. The van der Waals surface area contributed by atoms with Crippen LogP contribution in [0.15, 0.2) is 22.7 Å². The van der Waals surface area contributed by atoms with Crippen molar-refractivity contribution < 1.29 is 4.39 Å². The van der Waals surface area contributed by atoms with Crippen molar-refractivity contribution in [1.29, 1.82) is 0 Å². The fourth-order valence-electron chi connectivity index (χ4n) is 1.50. The fourth-order valence-corrected chi connectivity index (χ4v) is 1.93. The molecule has 90 valence electrons. The molecule has 0 radical (unpaired) electrons. The van der Waals surface area contributed by atoms with Gasteiger partial charge in [0.1, 0.15) is 5.82 Å². The van der Waals surface area contributed by atoms with E-state index in [1.807, 2.05) is 12.1 Å². The van der Waals surface area contributed by atoms with Crippen LogP contribution < -0.4 is 5.32 Å². The Morgan fingerprint density at radius 2 is 2.12 bits per heavy atom. The van der Waals surface area contributed by atoms with Gasteiger partial charge in [-0.25, -0.2) is 4.39 Å². The Bertz CT molecular complexity index is 326. The molecule has 0 aromatic heterocycles. The second kappa shape index (κ2) is 7.02. The average molecular weight is 288 g/mol. The molecule has 1 aromatic carbocycles. The van der Waals surface area contributed by atoms with Gasteiger partial charge in [-0.3, -0.25) is 0 Å².